The van der Waals surface area contributed by atoms with E-state index in [1.807, 2.05) is 54.6 Å². The van der Waals surface area contributed by atoms with Gasteiger partial charge in [0.1, 0.15) is 0 Å². The molecule has 1 aromatic carbocycles. The lowest BCUT2D eigenvalue weighted by atomic mass is 10.1. The summed E-state index contributed by atoms with van der Waals surface area (Å²) in [6.07, 6.45) is 7.76. The Morgan fingerprint density at radius 3 is 2.80 bits per heavy atom. The van der Waals surface area contributed by atoms with Gasteiger partial charge in [0.05, 0.1) is 5.69 Å². The Morgan fingerprint density at radius 1 is 1.15 bits per heavy atom. The van der Waals surface area contributed by atoms with Gasteiger partial charge in [-0.2, -0.15) is 0 Å². The molecule has 0 unspecified atom stereocenters. The molecule has 3 rings (SSSR count). The van der Waals surface area contributed by atoms with Crippen LogP contribution in [0.3, 0.4) is 0 Å². The summed E-state index contributed by atoms with van der Waals surface area (Å²) in [4.78, 5) is 16.0. The maximum absolute atomic E-state index is 11.7. The zero-order chi connectivity index (χ0) is 13.8. The fraction of sp³-hybridized carbons (Fsp3) is 0.176. The maximum Gasteiger partial charge on any atom is 0.227 e. The minimum absolute atomic E-state index is 0.135. The summed E-state index contributed by atoms with van der Waals surface area (Å²) < 4.78 is 0. The maximum atomic E-state index is 11.7. The molecule has 0 bridgehead atoms. The van der Waals surface area contributed by atoms with Crippen molar-refractivity contribution in [3.05, 3.63) is 59.9 Å². The summed E-state index contributed by atoms with van der Waals surface area (Å²) in [6.45, 7) is 0. The molecule has 1 aromatic heterocycles. The van der Waals surface area contributed by atoms with Gasteiger partial charge >= 0.3 is 0 Å². The van der Waals surface area contributed by atoms with Gasteiger partial charge in [-0.1, -0.05) is 24.3 Å². The van der Waals surface area contributed by atoms with Gasteiger partial charge in [0.15, 0.2) is 0 Å². The summed E-state index contributed by atoms with van der Waals surface area (Å²) in [5.74, 6) is 0.360. The summed E-state index contributed by atoms with van der Waals surface area (Å²) in [6, 6.07) is 13.6. The van der Waals surface area contributed by atoms with E-state index in [0.29, 0.717) is 0 Å². The molecule has 1 fully saturated rings. The number of aromatic nitrogens is 1. The Balaban J connectivity index is 1.70. The van der Waals surface area contributed by atoms with Crippen LogP contribution in [0.5, 0.6) is 0 Å². The Hall–Kier alpha value is -2.42. The van der Waals surface area contributed by atoms with Gasteiger partial charge in [-0.15, -0.1) is 0 Å². The Kier molecular flexibility index (Phi) is 3.59. The minimum atomic E-state index is 0.135. The van der Waals surface area contributed by atoms with Crippen molar-refractivity contribution in [2.24, 2.45) is 5.92 Å². The highest BCUT2D eigenvalue weighted by atomic mass is 16.2. The smallest absolute Gasteiger partial charge is 0.227 e. The Labute approximate surface area is 118 Å². The fourth-order valence-corrected chi connectivity index (χ4v) is 1.97. The molecule has 3 nitrogen and oxygen atoms in total. The van der Waals surface area contributed by atoms with Crippen molar-refractivity contribution in [3.8, 4) is 0 Å². The van der Waals surface area contributed by atoms with Crippen molar-refractivity contribution in [1.82, 2.24) is 4.98 Å². The van der Waals surface area contributed by atoms with Gasteiger partial charge in [-0.05, 0) is 48.7 Å². The van der Waals surface area contributed by atoms with Crippen LogP contribution in [-0.4, -0.2) is 10.9 Å². The molecular weight excluding hydrogens is 248 g/mol. The first-order valence-electron chi connectivity index (χ1n) is 6.81. The number of benzene rings is 1. The number of carbonyl (C=O) groups is 1. The Bertz CT molecular complexity index is 630. The number of amides is 1. The minimum Gasteiger partial charge on any atom is -0.326 e. The van der Waals surface area contributed by atoms with Crippen LogP contribution in [0.2, 0.25) is 0 Å². The molecule has 20 heavy (non-hydrogen) atoms. The van der Waals surface area contributed by atoms with Crippen LogP contribution >= 0.6 is 0 Å². The quantitative estimate of drug-likeness (QED) is 0.916. The molecule has 100 valence electrons. The van der Waals surface area contributed by atoms with Crippen LogP contribution in [0.4, 0.5) is 5.69 Å². The fourth-order valence-electron chi connectivity index (χ4n) is 1.97. The first kappa shape index (κ1) is 12.6. The van der Waals surface area contributed by atoms with Crippen LogP contribution in [-0.2, 0) is 4.79 Å². The highest BCUT2D eigenvalue weighted by molar-refractivity contribution is 5.94. The van der Waals surface area contributed by atoms with Crippen molar-refractivity contribution < 1.29 is 4.79 Å². The van der Waals surface area contributed by atoms with E-state index in [-0.39, 0.29) is 11.8 Å². The summed E-state index contributed by atoms with van der Waals surface area (Å²) in [7, 11) is 0. The number of nitrogens with zero attached hydrogens (tertiary/aromatic N) is 1. The van der Waals surface area contributed by atoms with Gasteiger partial charge in [0.25, 0.3) is 0 Å². The highest BCUT2D eigenvalue weighted by Crippen LogP contribution is 2.30. The van der Waals surface area contributed by atoms with Gasteiger partial charge < -0.3 is 5.32 Å². The summed E-state index contributed by atoms with van der Waals surface area (Å²) in [5.41, 5.74) is 2.81. The second kappa shape index (κ2) is 5.70. The average molecular weight is 264 g/mol. The third-order valence-corrected chi connectivity index (χ3v) is 3.24. The van der Waals surface area contributed by atoms with Crippen molar-refractivity contribution in [1.29, 1.82) is 0 Å². The predicted octanol–water partition coefficient (Wildman–Crippen LogP) is 3.60. The van der Waals surface area contributed by atoms with E-state index in [9.17, 15) is 4.79 Å². The second-order valence-electron chi connectivity index (χ2n) is 4.98. The normalized spacial score (nSPS) is 14.4. The van der Waals surface area contributed by atoms with Crippen molar-refractivity contribution in [3.63, 3.8) is 0 Å². The first-order chi connectivity index (χ1) is 9.81. The van der Waals surface area contributed by atoms with Crippen LogP contribution in [0.15, 0.2) is 48.7 Å². The number of carbonyl (C=O) groups excluding carboxylic acids is 1. The third kappa shape index (κ3) is 3.32. The standard InChI is InChI=1S/C17H16N2O/c20-17(14-8-9-14)19-16-6-3-4-13(12-16)7-10-15-5-1-2-11-18-15/h1-7,10-12,14H,8-9H2,(H,19,20). The van der Waals surface area contributed by atoms with Crippen LogP contribution in [0.1, 0.15) is 24.1 Å². The van der Waals surface area contributed by atoms with Gasteiger partial charge in [0.2, 0.25) is 5.91 Å². The number of hydrogen-bond donors (Lipinski definition) is 1. The van der Waals surface area contributed by atoms with Crippen molar-refractivity contribution in [2.45, 2.75) is 12.8 Å². The molecule has 1 heterocycles. The van der Waals surface area contributed by atoms with Crippen LogP contribution in [0, 0.1) is 5.92 Å². The van der Waals surface area contributed by atoms with E-state index in [1.165, 1.54) is 0 Å². The van der Waals surface area contributed by atoms with Crippen LogP contribution in [0.25, 0.3) is 12.2 Å². The molecule has 1 amide bonds. The Morgan fingerprint density at radius 2 is 2.05 bits per heavy atom. The molecule has 0 saturated heterocycles. The average Bonchev–Trinajstić information content (AvgIpc) is 3.31. The lowest BCUT2D eigenvalue weighted by Crippen LogP contribution is -2.13. The number of nitrogens with one attached hydrogen (secondary N) is 1. The van der Waals surface area contributed by atoms with Gasteiger partial charge in [0, 0.05) is 17.8 Å². The summed E-state index contributed by atoms with van der Waals surface area (Å²) in [5, 5.41) is 2.95. The number of anilines is 1. The summed E-state index contributed by atoms with van der Waals surface area (Å²) >= 11 is 0. The molecule has 0 aliphatic heterocycles. The lowest BCUT2D eigenvalue weighted by Gasteiger charge is -2.04. The highest BCUT2D eigenvalue weighted by Gasteiger charge is 2.29. The van der Waals surface area contributed by atoms with Gasteiger partial charge in [-0.25, -0.2) is 0 Å². The second-order valence-corrected chi connectivity index (χ2v) is 4.98. The number of rotatable bonds is 4. The molecule has 2 aromatic rings. The van der Waals surface area contributed by atoms with E-state index < -0.39 is 0 Å². The molecule has 0 radical (unpaired) electrons. The molecule has 1 N–H and O–H groups in total. The van der Waals surface area contributed by atoms with E-state index in [0.717, 1.165) is 29.8 Å². The van der Waals surface area contributed by atoms with E-state index in [4.69, 9.17) is 0 Å². The van der Waals surface area contributed by atoms with E-state index in [1.54, 1.807) is 6.20 Å². The van der Waals surface area contributed by atoms with E-state index >= 15 is 0 Å². The number of hydrogen-bond acceptors (Lipinski definition) is 2. The molecule has 0 atom stereocenters. The monoisotopic (exact) mass is 264 g/mol. The molecular formula is C17H16N2O. The lowest BCUT2D eigenvalue weighted by molar-refractivity contribution is -0.117. The number of pyridine rings is 1. The molecule has 3 heteroatoms. The topological polar surface area (TPSA) is 42.0 Å². The molecule has 0 spiro atoms. The molecule has 1 saturated carbocycles. The van der Waals surface area contributed by atoms with E-state index in [2.05, 4.69) is 10.3 Å². The SMILES string of the molecule is O=C(Nc1cccc(C=Cc2ccccn2)c1)C1CC1. The first-order valence-corrected chi connectivity index (χ1v) is 6.81. The molecule has 1 aliphatic carbocycles. The predicted molar refractivity (Wildman–Crippen MR) is 81.0 cm³/mol. The zero-order valence-electron chi connectivity index (χ0n) is 11.1. The van der Waals surface area contributed by atoms with Crippen molar-refractivity contribution >= 4 is 23.7 Å². The largest absolute Gasteiger partial charge is 0.326 e. The zero-order valence-corrected chi connectivity index (χ0v) is 11.1. The van der Waals surface area contributed by atoms with Crippen molar-refractivity contribution in [2.75, 3.05) is 5.32 Å². The van der Waals surface area contributed by atoms with Crippen LogP contribution < -0.4 is 5.32 Å². The van der Waals surface area contributed by atoms with Gasteiger partial charge in [-0.3, -0.25) is 9.78 Å². The molecule has 1 aliphatic rings. The third-order valence-electron chi connectivity index (χ3n) is 3.24.